The van der Waals surface area contributed by atoms with Gasteiger partial charge in [0.15, 0.2) is 0 Å². The molecule has 0 aliphatic heterocycles. The van der Waals surface area contributed by atoms with E-state index in [9.17, 15) is 0 Å². The Bertz CT molecular complexity index is 445. The predicted octanol–water partition coefficient (Wildman–Crippen LogP) is 3.34. The van der Waals surface area contributed by atoms with Gasteiger partial charge in [-0.2, -0.15) is 0 Å². The van der Waals surface area contributed by atoms with E-state index in [1.54, 1.807) is 12.4 Å². The van der Waals surface area contributed by atoms with Gasteiger partial charge < -0.3 is 10.1 Å². The summed E-state index contributed by atoms with van der Waals surface area (Å²) in [5, 5.41) is 3.25. The summed E-state index contributed by atoms with van der Waals surface area (Å²) in [6.45, 7) is 1.39. The fourth-order valence-corrected chi connectivity index (χ4v) is 1.63. The van der Waals surface area contributed by atoms with Crippen molar-refractivity contribution < 1.29 is 4.74 Å². The fraction of sp³-hybridized carbons (Fsp3) is 0.154. The second kappa shape index (κ2) is 6.25. The number of hydrogen-bond donors (Lipinski definition) is 1. The minimum atomic E-state index is 0.629. The van der Waals surface area contributed by atoms with Gasteiger partial charge in [0.25, 0.3) is 0 Å². The Morgan fingerprint density at radius 1 is 1.06 bits per heavy atom. The normalized spacial score (nSPS) is 9.94. The van der Waals surface area contributed by atoms with Crippen molar-refractivity contribution in [2.75, 3.05) is 18.5 Å². The number of nitrogens with one attached hydrogen (secondary N) is 1. The monoisotopic (exact) mass is 292 g/mol. The molecular weight excluding hydrogens is 280 g/mol. The topological polar surface area (TPSA) is 34.1 Å². The number of halogens is 1. The van der Waals surface area contributed by atoms with Gasteiger partial charge >= 0.3 is 0 Å². The Hall–Kier alpha value is -1.55. The van der Waals surface area contributed by atoms with Crippen molar-refractivity contribution in [1.82, 2.24) is 4.98 Å². The van der Waals surface area contributed by atoms with Gasteiger partial charge in [0.1, 0.15) is 12.4 Å². The number of nitrogens with zero attached hydrogens (tertiary/aromatic N) is 1. The molecule has 1 heterocycles. The van der Waals surface area contributed by atoms with Crippen LogP contribution in [0.3, 0.4) is 0 Å². The minimum absolute atomic E-state index is 0.629. The predicted molar refractivity (Wildman–Crippen MR) is 72.4 cm³/mol. The first-order chi connectivity index (χ1) is 8.34. The maximum atomic E-state index is 5.58. The van der Waals surface area contributed by atoms with Gasteiger partial charge in [-0.3, -0.25) is 4.98 Å². The van der Waals surface area contributed by atoms with Crippen molar-refractivity contribution in [3.63, 3.8) is 0 Å². The minimum Gasteiger partial charge on any atom is -0.492 e. The first-order valence-electron chi connectivity index (χ1n) is 5.37. The molecule has 1 aromatic carbocycles. The fourth-order valence-electron chi connectivity index (χ4n) is 1.36. The molecule has 17 heavy (non-hydrogen) atoms. The third-order valence-electron chi connectivity index (χ3n) is 2.19. The lowest BCUT2D eigenvalue weighted by molar-refractivity contribution is 0.333. The summed E-state index contributed by atoms with van der Waals surface area (Å²) in [6, 6.07) is 11.7. The van der Waals surface area contributed by atoms with Crippen LogP contribution in [-0.2, 0) is 0 Å². The molecule has 0 aliphatic rings. The lowest BCUT2D eigenvalue weighted by Crippen LogP contribution is -2.11. The van der Waals surface area contributed by atoms with Gasteiger partial charge in [0, 0.05) is 29.1 Å². The maximum Gasteiger partial charge on any atom is 0.119 e. The molecular formula is C13H13BrN2O. The van der Waals surface area contributed by atoms with Crippen molar-refractivity contribution in [3.05, 3.63) is 53.3 Å². The first-order valence-corrected chi connectivity index (χ1v) is 6.16. The lowest BCUT2D eigenvalue weighted by Gasteiger charge is -2.08. The number of rotatable bonds is 5. The first kappa shape index (κ1) is 11.9. The molecule has 1 aromatic heterocycles. The number of aromatic nitrogens is 1. The average molecular weight is 293 g/mol. The van der Waals surface area contributed by atoms with Crippen LogP contribution in [0.5, 0.6) is 5.75 Å². The van der Waals surface area contributed by atoms with E-state index in [0.717, 1.165) is 22.5 Å². The van der Waals surface area contributed by atoms with Crippen LogP contribution in [0.4, 0.5) is 5.69 Å². The molecule has 3 nitrogen and oxygen atoms in total. The summed E-state index contributed by atoms with van der Waals surface area (Å²) in [6.07, 6.45) is 3.52. The molecule has 0 bridgehead atoms. The van der Waals surface area contributed by atoms with E-state index in [1.165, 1.54) is 0 Å². The van der Waals surface area contributed by atoms with Crippen molar-refractivity contribution in [1.29, 1.82) is 0 Å². The molecule has 0 fully saturated rings. The van der Waals surface area contributed by atoms with Crippen molar-refractivity contribution in [2.24, 2.45) is 0 Å². The van der Waals surface area contributed by atoms with Gasteiger partial charge in [0.05, 0.1) is 0 Å². The van der Waals surface area contributed by atoms with Crippen LogP contribution < -0.4 is 10.1 Å². The van der Waals surface area contributed by atoms with Crippen LogP contribution >= 0.6 is 15.9 Å². The summed E-state index contributed by atoms with van der Waals surface area (Å²) >= 11 is 3.38. The molecule has 2 rings (SSSR count). The standard InChI is InChI=1S/C13H13BrN2O/c14-11-1-3-13(4-2-11)17-10-9-16-12-5-7-15-8-6-12/h1-8H,9-10H2,(H,15,16). The molecule has 0 atom stereocenters. The lowest BCUT2D eigenvalue weighted by atomic mass is 10.3. The van der Waals surface area contributed by atoms with Gasteiger partial charge in [-0.1, -0.05) is 15.9 Å². The van der Waals surface area contributed by atoms with Crippen LogP contribution in [0.15, 0.2) is 53.3 Å². The maximum absolute atomic E-state index is 5.58. The molecule has 0 amide bonds. The zero-order chi connectivity index (χ0) is 11.9. The molecule has 0 spiro atoms. The summed E-state index contributed by atoms with van der Waals surface area (Å²) < 4.78 is 6.64. The van der Waals surface area contributed by atoms with Gasteiger partial charge in [-0.25, -0.2) is 0 Å². The van der Waals surface area contributed by atoms with Crippen LogP contribution in [0.2, 0.25) is 0 Å². The highest BCUT2D eigenvalue weighted by Gasteiger charge is 1.94. The van der Waals surface area contributed by atoms with Gasteiger partial charge in [-0.15, -0.1) is 0 Å². The Balaban J connectivity index is 1.71. The molecule has 0 unspecified atom stereocenters. The molecule has 0 saturated carbocycles. The molecule has 0 radical (unpaired) electrons. The quantitative estimate of drug-likeness (QED) is 0.859. The number of benzene rings is 1. The van der Waals surface area contributed by atoms with E-state index < -0.39 is 0 Å². The molecule has 88 valence electrons. The van der Waals surface area contributed by atoms with Gasteiger partial charge in [0.2, 0.25) is 0 Å². The van der Waals surface area contributed by atoms with Crippen molar-refractivity contribution in [2.45, 2.75) is 0 Å². The third kappa shape index (κ3) is 4.07. The van der Waals surface area contributed by atoms with E-state index in [-0.39, 0.29) is 0 Å². The molecule has 2 aromatic rings. The molecule has 4 heteroatoms. The summed E-state index contributed by atoms with van der Waals surface area (Å²) in [7, 11) is 0. The summed E-state index contributed by atoms with van der Waals surface area (Å²) in [5.41, 5.74) is 1.06. The Labute approximate surface area is 109 Å². The molecule has 0 saturated heterocycles. The van der Waals surface area contributed by atoms with Gasteiger partial charge in [-0.05, 0) is 36.4 Å². The highest BCUT2D eigenvalue weighted by Crippen LogP contribution is 2.15. The average Bonchev–Trinajstić information content (AvgIpc) is 2.38. The number of hydrogen-bond acceptors (Lipinski definition) is 3. The van der Waals surface area contributed by atoms with Crippen molar-refractivity contribution >= 4 is 21.6 Å². The smallest absolute Gasteiger partial charge is 0.119 e. The zero-order valence-corrected chi connectivity index (χ0v) is 10.9. The van der Waals surface area contributed by atoms with Crippen LogP contribution in [-0.4, -0.2) is 18.1 Å². The van der Waals surface area contributed by atoms with Crippen LogP contribution in [0, 0.1) is 0 Å². The Kier molecular flexibility index (Phi) is 4.38. The Morgan fingerprint density at radius 2 is 1.76 bits per heavy atom. The summed E-state index contributed by atoms with van der Waals surface area (Å²) in [5.74, 6) is 0.879. The second-order valence-corrected chi connectivity index (χ2v) is 4.38. The van der Waals surface area contributed by atoms with E-state index in [2.05, 4.69) is 26.2 Å². The molecule has 1 N–H and O–H groups in total. The number of pyridine rings is 1. The number of ether oxygens (including phenoxy) is 1. The third-order valence-corrected chi connectivity index (χ3v) is 2.72. The highest BCUT2D eigenvalue weighted by molar-refractivity contribution is 9.10. The van der Waals surface area contributed by atoms with Crippen LogP contribution in [0.25, 0.3) is 0 Å². The van der Waals surface area contributed by atoms with Crippen molar-refractivity contribution in [3.8, 4) is 5.75 Å². The SMILES string of the molecule is Brc1ccc(OCCNc2ccncc2)cc1. The van der Waals surface area contributed by atoms with Crippen LogP contribution in [0.1, 0.15) is 0 Å². The largest absolute Gasteiger partial charge is 0.492 e. The Morgan fingerprint density at radius 3 is 2.47 bits per heavy atom. The molecule has 0 aliphatic carbocycles. The second-order valence-electron chi connectivity index (χ2n) is 3.47. The van der Waals surface area contributed by atoms with E-state index in [0.29, 0.717) is 6.61 Å². The van der Waals surface area contributed by atoms with E-state index in [4.69, 9.17) is 4.74 Å². The van der Waals surface area contributed by atoms with E-state index >= 15 is 0 Å². The van der Waals surface area contributed by atoms with E-state index in [1.807, 2.05) is 36.4 Å². The zero-order valence-electron chi connectivity index (χ0n) is 9.27. The number of anilines is 1. The highest BCUT2D eigenvalue weighted by atomic mass is 79.9. The summed E-state index contributed by atoms with van der Waals surface area (Å²) in [4.78, 5) is 3.95.